The van der Waals surface area contributed by atoms with E-state index in [1.165, 1.54) is 5.56 Å². The fraction of sp³-hybridized carbons (Fsp3) is 0.133. The lowest BCUT2D eigenvalue weighted by molar-refractivity contribution is 0.686. The van der Waals surface area contributed by atoms with Crippen LogP contribution in [0.4, 0.5) is 5.82 Å². The van der Waals surface area contributed by atoms with Crippen LogP contribution in [0.1, 0.15) is 11.1 Å². The van der Waals surface area contributed by atoms with Crippen molar-refractivity contribution in [2.45, 2.75) is 13.1 Å². The number of hydrogen-bond acceptors (Lipinski definition) is 4. The molecule has 1 aromatic carbocycles. The molecule has 3 aromatic rings. The molecule has 0 spiro atoms. The fourth-order valence-electron chi connectivity index (χ4n) is 1.94. The van der Waals surface area contributed by atoms with Crippen molar-refractivity contribution in [3.8, 4) is 0 Å². The molecule has 0 bridgehead atoms. The Morgan fingerprint density at radius 1 is 1.00 bits per heavy atom. The predicted octanol–water partition coefficient (Wildman–Crippen LogP) is 2.33. The van der Waals surface area contributed by atoms with E-state index < -0.39 is 0 Å². The number of rotatable bonds is 5. The van der Waals surface area contributed by atoms with Gasteiger partial charge in [0.1, 0.15) is 5.82 Å². The van der Waals surface area contributed by atoms with Gasteiger partial charge in [-0.05, 0) is 5.56 Å². The number of nitrogens with one attached hydrogen (secondary N) is 1. The first-order valence-electron chi connectivity index (χ1n) is 6.45. The first-order chi connectivity index (χ1) is 9.90. The summed E-state index contributed by atoms with van der Waals surface area (Å²) in [5.74, 6) is 0.767. The molecule has 1 N–H and O–H groups in total. The molecule has 0 amide bonds. The second-order valence-electron chi connectivity index (χ2n) is 4.48. The highest BCUT2D eigenvalue weighted by molar-refractivity contribution is 5.31. The quantitative estimate of drug-likeness (QED) is 0.769. The van der Waals surface area contributed by atoms with Crippen molar-refractivity contribution in [2.24, 2.45) is 0 Å². The minimum atomic E-state index is 0.688. The first-order valence-corrected chi connectivity index (χ1v) is 6.45. The van der Waals surface area contributed by atoms with Crippen LogP contribution in [-0.2, 0) is 13.1 Å². The van der Waals surface area contributed by atoms with Crippen LogP contribution < -0.4 is 5.32 Å². The van der Waals surface area contributed by atoms with Crippen LogP contribution in [0.25, 0.3) is 0 Å². The number of anilines is 1. The van der Waals surface area contributed by atoms with E-state index in [0.29, 0.717) is 6.54 Å². The largest absolute Gasteiger partial charge is 0.365 e. The monoisotopic (exact) mass is 265 g/mol. The lowest BCUT2D eigenvalue weighted by Crippen LogP contribution is -2.01. The molecular weight excluding hydrogens is 250 g/mol. The summed E-state index contributed by atoms with van der Waals surface area (Å²) >= 11 is 0. The van der Waals surface area contributed by atoms with E-state index in [1.807, 2.05) is 35.3 Å². The smallest absolute Gasteiger partial charge is 0.144 e. The van der Waals surface area contributed by atoms with Gasteiger partial charge in [0.15, 0.2) is 0 Å². The van der Waals surface area contributed by atoms with Gasteiger partial charge in [0, 0.05) is 30.7 Å². The fourth-order valence-corrected chi connectivity index (χ4v) is 1.94. The molecule has 5 heteroatoms. The summed E-state index contributed by atoms with van der Waals surface area (Å²) < 4.78 is 1.93. The molecule has 0 unspecified atom stereocenters. The van der Waals surface area contributed by atoms with Gasteiger partial charge in [0.25, 0.3) is 0 Å². The van der Waals surface area contributed by atoms with E-state index in [0.717, 1.165) is 17.9 Å². The molecule has 100 valence electrons. The van der Waals surface area contributed by atoms with E-state index in [2.05, 4.69) is 32.5 Å². The number of benzene rings is 1. The summed E-state index contributed by atoms with van der Waals surface area (Å²) in [6.07, 6.45) is 8.93. The van der Waals surface area contributed by atoms with Crippen LogP contribution in [-0.4, -0.2) is 19.7 Å². The number of hydrogen-bond donors (Lipinski definition) is 1. The van der Waals surface area contributed by atoms with Gasteiger partial charge in [0.2, 0.25) is 0 Å². The molecule has 3 rings (SSSR count). The summed E-state index contributed by atoms with van der Waals surface area (Å²) in [6, 6.07) is 10.3. The lowest BCUT2D eigenvalue weighted by Gasteiger charge is -2.02. The molecule has 0 fully saturated rings. The summed E-state index contributed by atoms with van der Waals surface area (Å²) in [5.41, 5.74) is 2.36. The van der Waals surface area contributed by atoms with E-state index in [4.69, 9.17) is 0 Å². The van der Waals surface area contributed by atoms with E-state index in [1.54, 1.807) is 18.6 Å². The minimum Gasteiger partial charge on any atom is -0.365 e. The van der Waals surface area contributed by atoms with Gasteiger partial charge in [0.05, 0.1) is 18.9 Å². The first kappa shape index (κ1) is 12.3. The maximum atomic E-state index is 4.36. The Morgan fingerprint density at radius 3 is 2.70 bits per heavy atom. The predicted molar refractivity (Wildman–Crippen MR) is 77.1 cm³/mol. The van der Waals surface area contributed by atoms with Crippen molar-refractivity contribution in [1.82, 2.24) is 19.7 Å². The molecule has 0 saturated heterocycles. The van der Waals surface area contributed by atoms with E-state index >= 15 is 0 Å². The van der Waals surface area contributed by atoms with Crippen LogP contribution in [0, 0.1) is 0 Å². The van der Waals surface area contributed by atoms with Crippen molar-refractivity contribution in [2.75, 3.05) is 5.32 Å². The maximum Gasteiger partial charge on any atom is 0.144 e. The topological polar surface area (TPSA) is 55.6 Å². The molecule has 0 aliphatic carbocycles. The average Bonchev–Trinajstić information content (AvgIpc) is 2.95. The summed E-state index contributed by atoms with van der Waals surface area (Å²) in [7, 11) is 0. The van der Waals surface area contributed by atoms with E-state index in [9.17, 15) is 0 Å². The standard InChI is InChI=1S/C15H15N5/c1-2-4-13(5-3-1)11-20-12-14(9-19-20)8-18-15-10-16-6-7-17-15/h1-7,9-10,12H,8,11H2,(H,17,18). The summed E-state index contributed by atoms with van der Waals surface area (Å²) in [4.78, 5) is 8.18. The Labute approximate surface area is 117 Å². The van der Waals surface area contributed by atoms with Crippen molar-refractivity contribution in [3.05, 3.63) is 72.4 Å². The van der Waals surface area contributed by atoms with Crippen molar-refractivity contribution >= 4 is 5.82 Å². The molecule has 5 nitrogen and oxygen atoms in total. The van der Waals surface area contributed by atoms with Gasteiger partial charge < -0.3 is 5.32 Å². The molecular formula is C15H15N5. The van der Waals surface area contributed by atoms with Gasteiger partial charge in [-0.2, -0.15) is 5.10 Å². The zero-order valence-electron chi connectivity index (χ0n) is 11.0. The third-order valence-electron chi connectivity index (χ3n) is 2.91. The third kappa shape index (κ3) is 3.20. The lowest BCUT2D eigenvalue weighted by atomic mass is 10.2. The summed E-state index contributed by atoms with van der Waals surface area (Å²) in [6.45, 7) is 1.47. The molecule has 2 aromatic heterocycles. The Morgan fingerprint density at radius 2 is 1.90 bits per heavy atom. The maximum absolute atomic E-state index is 4.36. The summed E-state index contributed by atoms with van der Waals surface area (Å²) in [5, 5.41) is 7.58. The zero-order chi connectivity index (χ0) is 13.6. The molecule has 0 atom stereocenters. The van der Waals surface area contributed by atoms with Crippen LogP contribution in [0.3, 0.4) is 0 Å². The molecule has 0 aliphatic heterocycles. The molecule has 20 heavy (non-hydrogen) atoms. The van der Waals surface area contributed by atoms with Gasteiger partial charge in [-0.3, -0.25) is 9.67 Å². The van der Waals surface area contributed by atoms with E-state index in [-0.39, 0.29) is 0 Å². The van der Waals surface area contributed by atoms with Gasteiger partial charge in [-0.25, -0.2) is 4.98 Å². The number of nitrogens with zero attached hydrogens (tertiary/aromatic N) is 4. The Kier molecular flexibility index (Phi) is 3.68. The zero-order valence-corrected chi connectivity index (χ0v) is 11.0. The minimum absolute atomic E-state index is 0.688. The average molecular weight is 265 g/mol. The molecule has 2 heterocycles. The van der Waals surface area contributed by atoms with Crippen LogP contribution in [0.5, 0.6) is 0 Å². The Hall–Kier alpha value is -2.69. The normalized spacial score (nSPS) is 10.4. The van der Waals surface area contributed by atoms with Crippen LogP contribution in [0.2, 0.25) is 0 Å². The highest BCUT2D eigenvalue weighted by atomic mass is 15.3. The van der Waals surface area contributed by atoms with Crippen LogP contribution in [0.15, 0.2) is 61.3 Å². The Balaban J connectivity index is 1.60. The van der Waals surface area contributed by atoms with Gasteiger partial charge >= 0.3 is 0 Å². The highest BCUT2D eigenvalue weighted by Crippen LogP contribution is 2.06. The van der Waals surface area contributed by atoms with Crippen molar-refractivity contribution < 1.29 is 0 Å². The Bertz CT molecular complexity index is 648. The second-order valence-corrected chi connectivity index (χ2v) is 4.48. The molecule has 0 saturated carbocycles. The van der Waals surface area contributed by atoms with Crippen molar-refractivity contribution in [3.63, 3.8) is 0 Å². The highest BCUT2D eigenvalue weighted by Gasteiger charge is 2.00. The van der Waals surface area contributed by atoms with Crippen LogP contribution >= 0.6 is 0 Å². The SMILES string of the molecule is c1ccc(Cn2cc(CNc3cnccn3)cn2)cc1. The van der Waals surface area contributed by atoms with Gasteiger partial charge in [-0.15, -0.1) is 0 Å². The molecule has 0 aliphatic rings. The second kappa shape index (κ2) is 5.97. The van der Waals surface area contributed by atoms with Gasteiger partial charge in [-0.1, -0.05) is 30.3 Å². The number of aromatic nitrogens is 4. The molecule has 0 radical (unpaired) electrons. The van der Waals surface area contributed by atoms with Crippen molar-refractivity contribution in [1.29, 1.82) is 0 Å². The third-order valence-corrected chi connectivity index (χ3v) is 2.91.